The SMILES string of the molecule is CCOP(=O)(O)CCC(=O)O. The lowest BCUT2D eigenvalue weighted by Crippen LogP contribution is -2.01. The molecule has 0 aromatic rings. The van der Waals surface area contributed by atoms with Gasteiger partial charge in [0.2, 0.25) is 0 Å². The van der Waals surface area contributed by atoms with Gasteiger partial charge >= 0.3 is 13.6 Å². The Morgan fingerprint density at radius 2 is 2.18 bits per heavy atom. The van der Waals surface area contributed by atoms with E-state index in [0.717, 1.165) is 0 Å². The first kappa shape index (κ1) is 10.6. The molecule has 66 valence electrons. The van der Waals surface area contributed by atoms with Crippen LogP contribution in [-0.4, -0.2) is 28.7 Å². The van der Waals surface area contributed by atoms with Gasteiger partial charge in [-0.25, -0.2) is 0 Å². The normalized spacial score (nSPS) is 15.8. The van der Waals surface area contributed by atoms with E-state index in [-0.39, 0.29) is 19.2 Å². The van der Waals surface area contributed by atoms with Crippen molar-refractivity contribution < 1.29 is 23.9 Å². The minimum atomic E-state index is -3.63. The molecule has 0 amide bonds. The van der Waals surface area contributed by atoms with E-state index in [1.165, 1.54) is 0 Å². The van der Waals surface area contributed by atoms with Crippen molar-refractivity contribution in [1.82, 2.24) is 0 Å². The predicted molar refractivity (Wildman–Crippen MR) is 38.6 cm³/mol. The van der Waals surface area contributed by atoms with Crippen LogP contribution in [0.1, 0.15) is 13.3 Å². The molecule has 0 aliphatic carbocycles. The first-order valence-electron chi connectivity index (χ1n) is 3.16. The molecule has 1 unspecified atom stereocenters. The molecule has 0 fully saturated rings. The fraction of sp³-hybridized carbons (Fsp3) is 0.800. The summed E-state index contributed by atoms with van der Waals surface area (Å²) in [5.74, 6) is -1.10. The van der Waals surface area contributed by atoms with Crippen molar-refractivity contribution >= 4 is 13.6 Å². The predicted octanol–water partition coefficient (Wildman–Crippen LogP) is 0.683. The summed E-state index contributed by atoms with van der Waals surface area (Å²) in [5, 5.41) is 8.16. The maximum atomic E-state index is 10.8. The van der Waals surface area contributed by atoms with E-state index >= 15 is 0 Å². The third-order valence-corrected chi connectivity index (χ3v) is 2.39. The molecule has 0 saturated heterocycles. The Morgan fingerprint density at radius 1 is 1.64 bits per heavy atom. The quantitative estimate of drug-likeness (QED) is 0.611. The Morgan fingerprint density at radius 3 is 2.55 bits per heavy atom. The highest BCUT2D eigenvalue weighted by molar-refractivity contribution is 7.52. The third-order valence-electron chi connectivity index (χ3n) is 0.939. The van der Waals surface area contributed by atoms with Crippen LogP contribution in [0.3, 0.4) is 0 Å². The van der Waals surface area contributed by atoms with Gasteiger partial charge < -0.3 is 14.5 Å². The summed E-state index contributed by atoms with van der Waals surface area (Å²) in [6, 6.07) is 0. The largest absolute Gasteiger partial charge is 0.481 e. The fourth-order valence-corrected chi connectivity index (χ4v) is 1.51. The van der Waals surface area contributed by atoms with Crippen molar-refractivity contribution in [3.8, 4) is 0 Å². The molecule has 0 rings (SSSR count). The summed E-state index contributed by atoms with van der Waals surface area (Å²) in [7, 11) is -3.63. The molecule has 0 aromatic carbocycles. The molecule has 2 N–H and O–H groups in total. The fourth-order valence-electron chi connectivity index (χ4n) is 0.503. The van der Waals surface area contributed by atoms with Crippen LogP contribution in [0.25, 0.3) is 0 Å². The maximum Gasteiger partial charge on any atom is 0.328 e. The lowest BCUT2D eigenvalue weighted by molar-refractivity contribution is -0.136. The smallest absolute Gasteiger partial charge is 0.328 e. The Labute approximate surface area is 64.5 Å². The molecule has 0 aromatic heterocycles. The van der Waals surface area contributed by atoms with Crippen molar-refractivity contribution in [2.24, 2.45) is 0 Å². The van der Waals surface area contributed by atoms with Crippen LogP contribution in [0.15, 0.2) is 0 Å². The summed E-state index contributed by atoms with van der Waals surface area (Å²) in [4.78, 5) is 18.8. The third kappa shape index (κ3) is 6.04. The number of carboxylic acid groups (broad SMARTS) is 1. The van der Waals surface area contributed by atoms with Gasteiger partial charge in [0, 0.05) is 0 Å². The molecular weight excluding hydrogens is 171 g/mol. The number of carboxylic acids is 1. The van der Waals surface area contributed by atoms with Gasteiger partial charge in [-0.15, -0.1) is 0 Å². The molecule has 0 aliphatic rings. The summed E-state index contributed by atoms with van der Waals surface area (Å²) < 4.78 is 15.2. The van der Waals surface area contributed by atoms with E-state index in [1.54, 1.807) is 6.92 Å². The van der Waals surface area contributed by atoms with Crippen molar-refractivity contribution in [2.45, 2.75) is 13.3 Å². The van der Waals surface area contributed by atoms with Gasteiger partial charge in [0.1, 0.15) is 0 Å². The van der Waals surface area contributed by atoms with Gasteiger partial charge in [0.25, 0.3) is 0 Å². The van der Waals surface area contributed by atoms with Crippen molar-refractivity contribution in [2.75, 3.05) is 12.8 Å². The molecule has 0 spiro atoms. The second-order valence-corrected chi connectivity index (χ2v) is 3.90. The highest BCUT2D eigenvalue weighted by atomic mass is 31.2. The van der Waals surface area contributed by atoms with Gasteiger partial charge in [0.05, 0.1) is 19.2 Å². The summed E-state index contributed by atoms with van der Waals surface area (Å²) in [6.45, 7) is 1.69. The Kier molecular flexibility index (Phi) is 4.33. The van der Waals surface area contributed by atoms with E-state index in [0.29, 0.717) is 0 Å². The van der Waals surface area contributed by atoms with Crippen molar-refractivity contribution in [3.05, 3.63) is 0 Å². The van der Waals surface area contributed by atoms with Crippen LogP contribution in [0.5, 0.6) is 0 Å². The van der Waals surface area contributed by atoms with Crippen LogP contribution in [0.2, 0.25) is 0 Å². The van der Waals surface area contributed by atoms with E-state index in [1.807, 2.05) is 0 Å². The van der Waals surface area contributed by atoms with Crippen LogP contribution in [-0.2, 0) is 13.9 Å². The van der Waals surface area contributed by atoms with Gasteiger partial charge in [-0.05, 0) is 6.92 Å². The van der Waals surface area contributed by atoms with Gasteiger partial charge in [-0.3, -0.25) is 9.36 Å². The van der Waals surface area contributed by atoms with Crippen LogP contribution in [0, 0.1) is 0 Å². The molecule has 11 heavy (non-hydrogen) atoms. The van der Waals surface area contributed by atoms with E-state index in [4.69, 9.17) is 10.00 Å². The lowest BCUT2D eigenvalue weighted by Gasteiger charge is -2.07. The molecule has 0 heterocycles. The minimum Gasteiger partial charge on any atom is -0.481 e. The van der Waals surface area contributed by atoms with Gasteiger partial charge in [-0.1, -0.05) is 0 Å². The summed E-state index contributed by atoms with van der Waals surface area (Å²) >= 11 is 0. The molecule has 0 bridgehead atoms. The maximum absolute atomic E-state index is 10.8. The van der Waals surface area contributed by atoms with Crippen LogP contribution < -0.4 is 0 Å². The first-order chi connectivity index (χ1) is 4.98. The summed E-state index contributed by atoms with van der Waals surface area (Å²) in [6.07, 6.45) is -0.663. The molecule has 6 heteroatoms. The zero-order valence-corrected chi connectivity index (χ0v) is 7.08. The average molecular weight is 182 g/mol. The molecule has 0 aliphatic heterocycles. The molecular formula is C5H11O5P. The van der Waals surface area contributed by atoms with Crippen LogP contribution >= 0.6 is 7.60 Å². The lowest BCUT2D eigenvalue weighted by atomic mass is 10.5. The Hall–Kier alpha value is -0.380. The highest BCUT2D eigenvalue weighted by Crippen LogP contribution is 2.41. The molecule has 1 atom stereocenters. The van der Waals surface area contributed by atoms with E-state index in [9.17, 15) is 9.36 Å². The Balaban J connectivity index is 3.73. The minimum absolute atomic E-state index is 0.118. The van der Waals surface area contributed by atoms with Crippen LogP contribution in [0.4, 0.5) is 0 Å². The Bertz CT molecular complexity index is 178. The van der Waals surface area contributed by atoms with E-state index in [2.05, 4.69) is 4.52 Å². The molecule has 0 radical (unpaired) electrons. The van der Waals surface area contributed by atoms with Gasteiger partial charge in [0.15, 0.2) is 0 Å². The number of rotatable bonds is 5. The number of hydrogen-bond acceptors (Lipinski definition) is 3. The topological polar surface area (TPSA) is 83.8 Å². The zero-order valence-electron chi connectivity index (χ0n) is 6.19. The standard InChI is InChI=1S/C5H11O5P/c1-2-10-11(8,9)4-3-5(6)7/h2-4H2,1H3,(H,6,7)(H,8,9). The molecule has 5 nitrogen and oxygen atoms in total. The highest BCUT2D eigenvalue weighted by Gasteiger charge is 2.19. The number of carbonyl (C=O) groups is 1. The number of hydrogen-bond donors (Lipinski definition) is 2. The zero-order chi connectivity index (χ0) is 8.91. The summed E-state index contributed by atoms with van der Waals surface area (Å²) in [5.41, 5.74) is 0. The van der Waals surface area contributed by atoms with Gasteiger partial charge in [-0.2, -0.15) is 0 Å². The number of aliphatic carboxylic acids is 1. The molecule has 0 saturated carbocycles. The average Bonchev–Trinajstić information content (AvgIpc) is 1.84. The van der Waals surface area contributed by atoms with Crippen molar-refractivity contribution in [3.63, 3.8) is 0 Å². The monoisotopic (exact) mass is 182 g/mol. The second-order valence-electron chi connectivity index (χ2n) is 1.92. The van der Waals surface area contributed by atoms with Crippen molar-refractivity contribution in [1.29, 1.82) is 0 Å². The first-order valence-corrected chi connectivity index (χ1v) is 4.92. The second kappa shape index (κ2) is 4.49. The van der Waals surface area contributed by atoms with E-state index < -0.39 is 13.6 Å².